The van der Waals surface area contributed by atoms with Crippen LogP contribution in [0.1, 0.15) is 93.6 Å². The monoisotopic (exact) mass is 496 g/mol. The second-order valence-electron chi connectivity index (χ2n) is 8.75. The third kappa shape index (κ3) is 16.1. The van der Waals surface area contributed by atoms with Gasteiger partial charge in [-0.25, -0.2) is 0 Å². The number of aliphatic hydroxyl groups excluding tert-OH is 1. The molecular formula is C31H48N2O3. The summed E-state index contributed by atoms with van der Waals surface area (Å²) < 4.78 is 0. The fourth-order valence-electron chi connectivity index (χ4n) is 3.81. The summed E-state index contributed by atoms with van der Waals surface area (Å²) in [6.07, 6.45) is 11.2. The Morgan fingerprint density at radius 1 is 1.00 bits per heavy atom. The van der Waals surface area contributed by atoms with Crippen LogP contribution in [-0.4, -0.2) is 43.1 Å². The van der Waals surface area contributed by atoms with Gasteiger partial charge in [0.2, 0.25) is 0 Å². The highest BCUT2D eigenvalue weighted by molar-refractivity contribution is 6.00. The average Bonchev–Trinajstić information content (AvgIpc) is 3.53. The lowest BCUT2D eigenvalue weighted by molar-refractivity contribution is -0.114. The van der Waals surface area contributed by atoms with Gasteiger partial charge in [-0.15, -0.1) is 0 Å². The normalized spacial score (nSPS) is 13.4. The maximum absolute atomic E-state index is 10.5. The first-order valence-corrected chi connectivity index (χ1v) is 13.5. The molecule has 0 saturated heterocycles. The second-order valence-corrected chi connectivity index (χ2v) is 8.75. The van der Waals surface area contributed by atoms with Gasteiger partial charge in [0.25, 0.3) is 0 Å². The van der Waals surface area contributed by atoms with Gasteiger partial charge in [-0.1, -0.05) is 108 Å². The molecule has 36 heavy (non-hydrogen) atoms. The van der Waals surface area contributed by atoms with E-state index in [9.17, 15) is 9.59 Å². The van der Waals surface area contributed by atoms with E-state index in [0.29, 0.717) is 23.7 Å². The average molecular weight is 497 g/mol. The molecule has 1 saturated carbocycles. The van der Waals surface area contributed by atoms with Gasteiger partial charge in [0.15, 0.2) is 0 Å². The Morgan fingerprint density at radius 2 is 1.61 bits per heavy atom. The Kier molecular flexibility index (Phi) is 21.1. The molecule has 2 atom stereocenters. The molecule has 0 aliphatic heterocycles. The Morgan fingerprint density at radius 3 is 2.11 bits per heavy atom. The van der Waals surface area contributed by atoms with E-state index in [1.54, 1.807) is 24.3 Å². The molecule has 5 nitrogen and oxygen atoms in total. The Hall–Kier alpha value is -2.63. The quantitative estimate of drug-likeness (QED) is 0.240. The van der Waals surface area contributed by atoms with Crippen molar-refractivity contribution in [1.82, 2.24) is 5.32 Å². The fraction of sp³-hybridized carbons (Fsp3) is 0.516. The molecule has 1 fully saturated rings. The minimum absolute atomic E-state index is 0.0359. The molecular weight excluding hydrogens is 448 g/mol. The van der Waals surface area contributed by atoms with Gasteiger partial charge >= 0.3 is 0 Å². The molecule has 3 rings (SSSR count). The number of carbonyl (C=O) groups is 2. The number of nitrogens with one attached hydrogen (secondary N) is 2. The van der Waals surface area contributed by atoms with E-state index >= 15 is 0 Å². The van der Waals surface area contributed by atoms with Crippen molar-refractivity contribution in [2.75, 3.05) is 13.6 Å². The summed E-state index contributed by atoms with van der Waals surface area (Å²) in [5.41, 5.74) is 2.62. The van der Waals surface area contributed by atoms with E-state index in [1.165, 1.54) is 56.9 Å². The molecule has 0 aromatic heterocycles. The van der Waals surface area contributed by atoms with Crippen molar-refractivity contribution in [1.29, 1.82) is 5.41 Å². The van der Waals surface area contributed by atoms with E-state index in [1.807, 2.05) is 20.9 Å². The molecule has 0 heterocycles. The molecule has 200 valence electrons. The predicted molar refractivity (Wildman–Crippen MR) is 152 cm³/mol. The first-order chi connectivity index (χ1) is 17.5. The summed E-state index contributed by atoms with van der Waals surface area (Å²) in [5.74, 6) is 0.824. The fourth-order valence-corrected chi connectivity index (χ4v) is 3.81. The molecule has 2 aromatic carbocycles. The summed E-state index contributed by atoms with van der Waals surface area (Å²) in [6, 6.07) is 17.3. The molecule has 0 amide bonds. The standard InChI is InChI=1S/C13H21N.C11H11NO3.C5H10.C2H6/c1-3-12(9-10-14-2)11-13-7-5-4-6-8-13;12-11(5-10(15)7-14)9-3-1-2-8(4-9)6-13;1-2-4-5-3-1;1-2/h4-8,12,14H,3,9-11H2,1-2H3;1-4,6-7,10,12,15H,5H2;1-5H2;1-2H3. The zero-order chi connectivity index (χ0) is 27.0. The first kappa shape index (κ1) is 33.4. The number of aliphatic hydroxyl groups is 1. The highest BCUT2D eigenvalue weighted by Crippen LogP contribution is 2.15. The van der Waals surface area contributed by atoms with E-state index in [4.69, 9.17) is 10.5 Å². The van der Waals surface area contributed by atoms with Gasteiger partial charge in [-0.3, -0.25) is 4.79 Å². The summed E-state index contributed by atoms with van der Waals surface area (Å²) in [7, 11) is 2.02. The smallest absolute Gasteiger partial charge is 0.150 e. The van der Waals surface area contributed by atoms with Crippen LogP contribution in [0.25, 0.3) is 0 Å². The van der Waals surface area contributed by atoms with Crippen LogP contribution in [0.15, 0.2) is 54.6 Å². The lowest BCUT2D eigenvalue weighted by atomic mass is 9.94. The van der Waals surface area contributed by atoms with E-state index in [-0.39, 0.29) is 12.1 Å². The molecule has 0 radical (unpaired) electrons. The maximum Gasteiger partial charge on any atom is 0.150 e. The van der Waals surface area contributed by atoms with Crippen LogP contribution in [-0.2, 0) is 11.2 Å². The van der Waals surface area contributed by atoms with Crippen LogP contribution in [0.4, 0.5) is 0 Å². The summed E-state index contributed by atoms with van der Waals surface area (Å²) in [6.45, 7) is 7.41. The Balaban J connectivity index is 0.000000539. The lowest BCUT2D eigenvalue weighted by Crippen LogP contribution is -2.14. The topological polar surface area (TPSA) is 90.2 Å². The number of aldehydes is 2. The molecule has 5 heteroatoms. The molecule has 2 unspecified atom stereocenters. The van der Waals surface area contributed by atoms with Crippen LogP contribution in [0.5, 0.6) is 0 Å². The van der Waals surface area contributed by atoms with Gasteiger partial charge in [0, 0.05) is 17.7 Å². The molecule has 1 aliphatic rings. The molecule has 0 spiro atoms. The second kappa shape index (κ2) is 22.8. The largest absolute Gasteiger partial charge is 0.385 e. The third-order valence-corrected chi connectivity index (χ3v) is 5.94. The predicted octanol–water partition coefficient (Wildman–Crippen LogP) is 6.66. The molecule has 3 N–H and O–H groups in total. The Bertz CT molecular complexity index is 812. The van der Waals surface area contributed by atoms with Crippen molar-refractivity contribution in [3.63, 3.8) is 0 Å². The third-order valence-electron chi connectivity index (χ3n) is 5.94. The van der Waals surface area contributed by atoms with E-state index in [2.05, 4.69) is 42.6 Å². The number of rotatable bonds is 11. The van der Waals surface area contributed by atoms with Gasteiger partial charge < -0.3 is 20.6 Å². The highest BCUT2D eigenvalue weighted by atomic mass is 16.3. The van der Waals surface area contributed by atoms with Crippen molar-refractivity contribution < 1.29 is 14.7 Å². The summed E-state index contributed by atoms with van der Waals surface area (Å²) >= 11 is 0. The number of hydrogen-bond acceptors (Lipinski definition) is 5. The SMILES string of the molecule is C1CCCC1.CC.CCC(CCNC)Cc1ccccc1.N=C(CC(O)C=O)c1cccc(C=O)c1. The van der Waals surface area contributed by atoms with Crippen molar-refractivity contribution >= 4 is 18.3 Å². The van der Waals surface area contributed by atoms with Crippen LogP contribution >= 0.6 is 0 Å². The van der Waals surface area contributed by atoms with Crippen molar-refractivity contribution in [2.45, 2.75) is 84.7 Å². The van der Waals surface area contributed by atoms with Gasteiger partial charge in [0.1, 0.15) is 18.7 Å². The van der Waals surface area contributed by atoms with Crippen molar-refractivity contribution in [3.8, 4) is 0 Å². The van der Waals surface area contributed by atoms with Gasteiger partial charge in [0.05, 0.1) is 0 Å². The van der Waals surface area contributed by atoms with Gasteiger partial charge in [-0.2, -0.15) is 0 Å². The zero-order valence-electron chi connectivity index (χ0n) is 22.8. The first-order valence-electron chi connectivity index (χ1n) is 13.5. The van der Waals surface area contributed by atoms with E-state index < -0.39 is 6.10 Å². The van der Waals surface area contributed by atoms with Crippen LogP contribution in [0.2, 0.25) is 0 Å². The number of carbonyl (C=O) groups excluding carboxylic acids is 2. The van der Waals surface area contributed by atoms with Gasteiger partial charge in [-0.05, 0) is 49.5 Å². The minimum atomic E-state index is -1.16. The molecule has 0 bridgehead atoms. The van der Waals surface area contributed by atoms with Crippen molar-refractivity contribution in [2.24, 2.45) is 5.92 Å². The van der Waals surface area contributed by atoms with Crippen LogP contribution < -0.4 is 5.32 Å². The molecule has 2 aromatic rings. The zero-order valence-corrected chi connectivity index (χ0v) is 22.8. The maximum atomic E-state index is 10.5. The Labute approximate surface area is 219 Å². The number of benzene rings is 2. The summed E-state index contributed by atoms with van der Waals surface area (Å²) in [5, 5.41) is 19.9. The van der Waals surface area contributed by atoms with Crippen LogP contribution in [0.3, 0.4) is 0 Å². The number of hydrogen-bond donors (Lipinski definition) is 3. The van der Waals surface area contributed by atoms with Crippen LogP contribution in [0, 0.1) is 11.3 Å². The van der Waals surface area contributed by atoms with Crippen molar-refractivity contribution in [3.05, 3.63) is 71.3 Å². The summed E-state index contributed by atoms with van der Waals surface area (Å²) in [4.78, 5) is 20.7. The lowest BCUT2D eigenvalue weighted by Gasteiger charge is -2.14. The van der Waals surface area contributed by atoms with E-state index in [0.717, 1.165) is 12.5 Å². The minimum Gasteiger partial charge on any atom is -0.385 e. The molecule has 1 aliphatic carbocycles. The highest BCUT2D eigenvalue weighted by Gasteiger charge is 2.08.